The van der Waals surface area contributed by atoms with Crippen molar-refractivity contribution in [3.8, 4) is 0 Å². The Morgan fingerprint density at radius 3 is 1.50 bits per heavy atom. The molecule has 0 aliphatic heterocycles. The van der Waals surface area contributed by atoms with E-state index in [9.17, 15) is 0 Å². The third kappa shape index (κ3) is 5.02. The Hall–Kier alpha value is -0.680. The van der Waals surface area contributed by atoms with Crippen molar-refractivity contribution in [2.45, 2.75) is 8.42 Å². The summed E-state index contributed by atoms with van der Waals surface area (Å²) < 4.78 is 2.71. The number of thiophene rings is 2. The average molecular weight is 337 g/mol. The van der Waals surface area contributed by atoms with Crippen LogP contribution in [0.5, 0.6) is 0 Å². The fourth-order valence-corrected chi connectivity index (χ4v) is 4.45. The molecule has 2 aromatic rings. The minimum atomic E-state index is 1.30. The molecule has 20 heavy (non-hydrogen) atoms. The molecule has 0 N–H and O–H groups in total. The fourth-order valence-electron chi connectivity index (χ4n) is 1.50. The summed E-state index contributed by atoms with van der Waals surface area (Å²) in [6.45, 7) is 0. The van der Waals surface area contributed by atoms with Crippen LogP contribution in [0.25, 0.3) is 12.2 Å². The SMILES string of the molecule is CSc1ccc(/C=C/C=C/C=C/c2ccc(SC)s2)s1. The maximum absolute atomic E-state index is 2.17. The zero-order valence-corrected chi connectivity index (χ0v) is 14.7. The molecule has 0 amide bonds. The second kappa shape index (κ2) is 8.57. The number of hydrogen-bond acceptors (Lipinski definition) is 4. The van der Waals surface area contributed by atoms with Crippen LogP contribution in [-0.4, -0.2) is 12.5 Å². The summed E-state index contributed by atoms with van der Waals surface area (Å²) in [5, 5.41) is 0. The monoisotopic (exact) mass is 336 g/mol. The molecule has 0 saturated carbocycles. The van der Waals surface area contributed by atoms with E-state index in [1.807, 2.05) is 22.7 Å². The highest BCUT2D eigenvalue weighted by Gasteiger charge is 1.94. The molecule has 0 spiro atoms. The summed E-state index contributed by atoms with van der Waals surface area (Å²) in [6, 6.07) is 8.65. The molecule has 104 valence electrons. The molecule has 0 aliphatic carbocycles. The first-order valence-electron chi connectivity index (χ1n) is 6.11. The molecule has 2 rings (SSSR count). The first-order valence-corrected chi connectivity index (χ1v) is 10.2. The van der Waals surface area contributed by atoms with Gasteiger partial charge >= 0.3 is 0 Å². The molecule has 2 heterocycles. The first kappa shape index (κ1) is 15.7. The number of allylic oxidation sites excluding steroid dienone is 4. The van der Waals surface area contributed by atoms with E-state index in [1.54, 1.807) is 23.5 Å². The van der Waals surface area contributed by atoms with Crippen LogP contribution in [0.3, 0.4) is 0 Å². The highest BCUT2D eigenvalue weighted by Crippen LogP contribution is 2.26. The normalized spacial score (nSPS) is 12.3. The fraction of sp³-hybridized carbons (Fsp3) is 0.125. The predicted molar refractivity (Wildman–Crippen MR) is 99.4 cm³/mol. The van der Waals surface area contributed by atoms with Crippen molar-refractivity contribution in [1.82, 2.24) is 0 Å². The van der Waals surface area contributed by atoms with E-state index in [-0.39, 0.29) is 0 Å². The van der Waals surface area contributed by atoms with E-state index in [0.717, 1.165) is 0 Å². The minimum Gasteiger partial charge on any atom is -0.129 e. The van der Waals surface area contributed by atoms with Gasteiger partial charge in [-0.1, -0.05) is 24.3 Å². The molecule has 4 heteroatoms. The molecule has 0 nitrogen and oxygen atoms in total. The molecule has 2 aromatic heterocycles. The zero-order valence-electron chi connectivity index (χ0n) is 11.4. The van der Waals surface area contributed by atoms with E-state index in [2.05, 4.69) is 73.2 Å². The van der Waals surface area contributed by atoms with Gasteiger partial charge in [0.2, 0.25) is 0 Å². The zero-order chi connectivity index (χ0) is 14.2. The Bertz CT molecular complexity index is 560. The summed E-state index contributed by atoms with van der Waals surface area (Å²) in [4.78, 5) is 2.59. The van der Waals surface area contributed by atoms with Crippen molar-refractivity contribution < 1.29 is 0 Å². The lowest BCUT2D eigenvalue weighted by atomic mass is 10.3. The van der Waals surface area contributed by atoms with Gasteiger partial charge in [-0.2, -0.15) is 0 Å². The summed E-state index contributed by atoms with van der Waals surface area (Å²) in [7, 11) is 0. The van der Waals surface area contributed by atoms with Crippen molar-refractivity contribution in [3.05, 3.63) is 58.3 Å². The summed E-state index contributed by atoms with van der Waals surface area (Å²) in [5.74, 6) is 0. The van der Waals surface area contributed by atoms with Gasteiger partial charge in [0.05, 0.1) is 8.42 Å². The average Bonchev–Trinajstić information content (AvgIpc) is 3.11. The van der Waals surface area contributed by atoms with Gasteiger partial charge in [0.25, 0.3) is 0 Å². The molecular weight excluding hydrogens is 320 g/mol. The van der Waals surface area contributed by atoms with Gasteiger partial charge in [0.15, 0.2) is 0 Å². The Kier molecular flexibility index (Phi) is 6.73. The third-order valence-electron chi connectivity index (χ3n) is 2.46. The van der Waals surface area contributed by atoms with E-state index in [1.165, 1.54) is 18.2 Å². The number of thioether (sulfide) groups is 2. The lowest BCUT2D eigenvalue weighted by Crippen LogP contribution is -1.56. The highest BCUT2D eigenvalue weighted by molar-refractivity contribution is 8.00. The van der Waals surface area contributed by atoms with E-state index in [0.29, 0.717) is 0 Å². The Labute approximate surface area is 137 Å². The summed E-state index contributed by atoms with van der Waals surface area (Å²) in [5.41, 5.74) is 0. The molecule has 0 atom stereocenters. The molecule has 0 unspecified atom stereocenters. The maximum Gasteiger partial charge on any atom is 0.0602 e. The van der Waals surface area contributed by atoms with E-state index < -0.39 is 0 Å². The predicted octanol–water partition coefficient (Wildman–Crippen LogP) is 6.54. The molecule has 0 aromatic carbocycles. The van der Waals surface area contributed by atoms with Gasteiger partial charge in [-0.25, -0.2) is 0 Å². The topological polar surface area (TPSA) is 0 Å². The molecule has 0 fully saturated rings. The molecule has 0 bridgehead atoms. The van der Waals surface area contributed by atoms with Gasteiger partial charge < -0.3 is 0 Å². The van der Waals surface area contributed by atoms with Crippen molar-refractivity contribution in [3.63, 3.8) is 0 Å². The van der Waals surface area contributed by atoms with E-state index >= 15 is 0 Å². The van der Waals surface area contributed by atoms with Gasteiger partial charge in [-0.15, -0.1) is 46.2 Å². The van der Waals surface area contributed by atoms with Crippen LogP contribution in [-0.2, 0) is 0 Å². The minimum absolute atomic E-state index is 1.30. The van der Waals surface area contributed by atoms with Crippen molar-refractivity contribution in [2.75, 3.05) is 12.5 Å². The lowest BCUT2D eigenvalue weighted by Gasteiger charge is -1.84. The summed E-state index contributed by atoms with van der Waals surface area (Å²) >= 11 is 7.23. The Morgan fingerprint density at radius 1 is 0.700 bits per heavy atom. The largest absolute Gasteiger partial charge is 0.129 e. The molecule has 0 aliphatic rings. The first-order chi connectivity index (χ1) is 9.81. The molecule has 0 saturated heterocycles. The van der Waals surface area contributed by atoms with Gasteiger partial charge in [0.1, 0.15) is 0 Å². The Morgan fingerprint density at radius 2 is 1.15 bits per heavy atom. The van der Waals surface area contributed by atoms with E-state index in [4.69, 9.17) is 0 Å². The Balaban J connectivity index is 1.84. The highest BCUT2D eigenvalue weighted by atomic mass is 32.2. The summed E-state index contributed by atoms with van der Waals surface area (Å²) in [6.07, 6.45) is 16.8. The maximum atomic E-state index is 2.17. The third-order valence-corrected chi connectivity index (χ3v) is 6.73. The van der Waals surface area contributed by atoms with Gasteiger partial charge in [-0.05, 0) is 48.9 Å². The molecule has 0 radical (unpaired) electrons. The second-order valence-corrected chi connectivity index (χ2v) is 8.27. The number of hydrogen-bond donors (Lipinski definition) is 0. The lowest BCUT2D eigenvalue weighted by molar-refractivity contribution is 1.74. The van der Waals surface area contributed by atoms with Crippen LogP contribution >= 0.6 is 46.2 Å². The van der Waals surface area contributed by atoms with Gasteiger partial charge in [0, 0.05) is 9.75 Å². The van der Waals surface area contributed by atoms with Crippen LogP contribution in [0.1, 0.15) is 9.75 Å². The van der Waals surface area contributed by atoms with Crippen molar-refractivity contribution >= 4 is 58.3 Å². The van der Waals surface area contributed by atoms with Crippen LogP contribution < -0.4 is 0 Å². The van der Waals surface area contributed by atoms with Crippen LogP contribution in [0.15, 0.2) is 57.0 Å². The van der Waals surface area contributed by atoms with Crippen LogP contribution in [0.4, 0.5) is 0 Å². The standard InChI is InChI=1S/C16H16S4/c1-17-15-11-9-13(19-15)7-5-3-4-6-8-14-10-12-16(18-2)20-14/h3-12H,1-2H3/b4-3+,7-5+,8-6+. The van der Waals surface area contributed by atoms with Crippen molar-refractivity contribution in [2.24, 2.45) is 0 Å². The quantitative estimate of drug-likeness (QED) is 0.434. The van der Waals surface area contributed by atoms with Crippen molar-refractivity contribution in [1.29, 1.82) is 0 Å². The smallest absolute Gasteiger partial charge is 0.0602 e. The van der Waals surface area contributed by atoms with Crippen LogP contribution in [0, 0.1) is 0 Å². The van der Waals surface area contributed by atoms with Gasteiger partial charge in [-0.3, -0.25) is 0 Å². The second-order valence-electron chi connectivity index (χ2n) is 3.82. The number of rotatable bonds is 6. The molecular formula is C16H16S4. The van der Waals surface area contributed by atoms with Crippen LogP contribution in [0.2, 0.25) is 0 Å².